The third-order valence-corrected chi connectivity index (χ3v) is 7.64. The molecule has 4 rings (SSSR count). The van der Waals surface area contributed by atoms with Gasteiger partial charge < -0.3 is 14.8 Å². The Kier molecular flexibility index (Phi) is 5.79. The quantitative estimate of drug-likeness (QED) is 0.542. The zero-order valence-corrected chi connectivity index (χ0v) is 19.6. The van der Waals surface area contributed by atoms with Gasteiger partial charge in [0.25, 0.3) is 10.0 Å². The zero-order chi connectivity index (χ0) is 23.3. The number of carbonyl (C=O) groups excluding carboxylic acids is 1. The van der Waals surface area contributed by atoms with Crippen molar-refractivity contribution in [2.45, 2.75) is 75.9 Å². The van der Waals surface area contributed by atoms with Gasteiger partial charge >= 0.3 is 6.03 Å². The molecule has 32 heavy (non-hydrogen) atoms. The zero-order valence-electron chi connectivity index (χ0n) is 18.8. The van der Waals surface area contributed by atoms with E-state index in [0.717, 1.165) is 43.3 Å². The highest BCUT2D eigenvalue weighted by Crippen LogP contribution is 2.47. The fourth-order valence-electron chi connectivity index (χ4n) is 3.96. The number of urea groups is 1. The van der Waals surface area contributed by atoms with Crippen molar-refractivity contribution in [1.29, 1.82) is 0 Å². The summed E-state index contributed by atoms with van der Waals surface area (Å²) in [4.78, 5) is 21.7. The third-order valence-electron chi connectivity index (χ3n) is 6.44. The Morgan fingerprint density at radius 3 is 2.09 bits per heavy atom. The van der Waals surface area contributed by atoms with E-state index in [2.05, 4.69) is 29.1 Å². The summed E-state index contributed by atoms with van der Waals surface area (Å²) in [7, 11) is -4.27. The molecule has 0 aromatic carbocycles. The number of aromatic nitrogens is 2. The molecule has 2 unspecified atom stereocenters. The van der Waals surface area contributed by atoms with E-state index in [1.807, 2.05) is 4.72 Å². The third kappa shape index (κ3) is 4.80. The first-order chi connectivity index (χ1) is 15.0. The SMILES string of the molecule is CC(c1ncnc(C(C)C2CC2)c1NC(=O)NS(=O)(=O)c1cc(C(C)(C)O)co1)C1CC1. The number of nitrogens with one attached hydrogen (secondary N) is 2. The summed E-state index contributed by atoms with van der Waals surface area (Å²) in [6, 6.07) is 0.289. The smallest absolute Gasteiger partial charge is 0.333 e. The van der Waals surface area contributed by atoms with E-state index in [1.54, 1.807) is 0 Å². The number of anilines is 1. The Bertz CT molecular complexity index is 1080. The van der Waals surface area contributed by atoms with Crippen LogP contribution in [0.1, 0.15) is 82.2 Å². The van der Waals surface area contributed by atoms with Crippen molar-refractivity contribution in [3.8, 4) is 0 Å². The first kappa shape index (κ1) is 22.7. The van der Waals surface area contributed by atoms with E-state index in [4.69, 9.17) is 4.42 Å². The van der Waals surface area contributed by atoms with Crippen LogP contribution in [-0.2, 0) is 15.6 Å². The molecule has 2 aromatic rings. The molecule has 0 saturated heterocycles. The second-order valence-electron chi connectivity index (χ2n) is 9.54. The van der Waals surface area contributed by atoms with Gasteiger partial charge in [0.15, 0.2) is 0 Å². The van der Waals surface area contributed by atoms with Gasteiger partial charge in [0.05, 0.1) is 28.9 Å². The van der Waals surface area contributed by atoms with Crippen molar-refractivity contribution in [2.75, 3.05) is 5.32 Å². The van der Waals surface area contributed by atoms with E-state index >= 15 is 0 Å². The summed E-state index contributed by atoms with van der Waals surface area (Å²) in [5.74, 6) is 1.28. The van der Waals surface area contributed by atoms with Crippen LogP contribution < -0.4 is 10.0 Å². The number of aliphatic hydroxyl groups is 1. The molecule has 3 N–H and O–H groups in total. The molecule has 9 nitrogen and oxygen atoms in total. The van der Waals surface area contributed by atoms with Crippen LogP contribution in [-0.4, -0.2) is 29.5 Å². The van der Waals surface area contributed by atoms with Crippen LogP contribution in [0.5, 0.6) is 0 Å². The lowest BCUT2D eigenvalue weighted by Gasteiger charge is -2.21. The van der Waals surface area contributed by atoms with Crippen molar-refractivity contribution in [3.05, 3.63) is 35.6 Å². The van der Waals surface area contributed by atoms with Gasteiger partial charge in [-0.1, -0.05) is 13.8 Å². The molecule has 0 radical (unpaired) electrons. The van der Waals surface area contributed by atoms with Crippen molar-refractivity contribution in [2.24, 2.45) is 11.8 Å². The second-order valence-corrected chi connectivity index (χ2v) is 11.2. The predicted molar refractivity (Wildman–Crippen MR) is 118 cm³/mol. The highest BCUT2D eigenvalue weighted by Gasteiger charge is 2.36. The summed E-state index contributed by atoms with van der Waals surface area (Å²) in [5, 5.41) is 12.3. The molecular weight excluding hydrogens is 432 g/mol. The Balaban J connectivity index is 1.58. The molecule has 2 aliphatic carbocycles. The Labute approximate surface area is 188 Å². The van der Waals surface area contributed by atoms with E-state index < -0.39 is 26.7 Å². The average molecular weight is 463 g/mol. The van der Waals surface area contributed by atoms with Crippen LogP contribution in [0.15, 0.2) is 28.2 Å². The van der Waals surface area contributed by atoms with Gasteiger partial charge in [0.2, 0.25) is 5.09 Å². The van der Waals surface area contributed by atoms with Gasteiger partial charge in [-0.15, -0.1) is 0 Å². The summed E-state index contributed by atoms with van der Waals surface area (Å²) in [6.07, 6.45) is 7.13. The molecule has 2 fully saturated rings. The number of carbonyl (C=O) groups is 1. The van der Waals surface area contributed by atoms with E-state index in [-0.39, 0.29) is 17.4 Å². The van der Waals surface area contributed by atoms with E-state index in [0.29, 0.717) is 17.5 Å². The Morgan fingerprint density at radius 2 is 1.66 bits per heavy atom. The van der Waals surface area contributed by atoms with Crippen LogP contribution in [0.25, 0.3) is 0 Å². The van der Waals surface area contributed by atoms with Crippen LogP contribution in [0.2, 0.25) is 0 Å². The van der Waals surface area contributed by atoms with Gasteiger partial charge in [-0.05, 0) is 51.4 Å². The Hall–Kier alpha value is -2.46. The lowest BCUT2D eigenvalue weighted by atomic mass is 9.94. The topological polar surface area (TPSA) is 134 Å². The van der Waals surface area contributed by atoms with Crippen LogP contribution in [0.3, 0.4) is 0 Å². The van der Waals surface area contributed by atoms with Gasteiger partial charge in [0, 0.05) is 23.5 Å². The number of hydrogen-bond acceptors (Lipinski definition) is 7. The van der Waals surface area contributed by atoms with Gasteiger partial charge in [-0.2, -0.15) is 8.42 Å². The molecule has 10 heteroatoms. The van der Waals surface area contributed by atoms with Crippen LogP contribution in [0.4, 0.5) is 10.5 Å². The number of rotatable bonds is 8. The average Bonchev–Trinajstić information content (AvgIpc) is 3.63. The second kappa shape index (κ2) is 8.15. The first-order valence-corrected chi connectivity index (χ1v) is 12.5. The molecule has 2 heterocycles. The fraction of sp³-hybridized carbons (Fsp3) is 0.591. The minimum atomic E-state index is -4.27. The van der Waals surface area contributed by atoms with E-state index in [1.165, 1.54) is 26.2 Å². The summed E-state index contributed by atoms with van der Waals surface area (Å²) in [6.45, 7) is 7.17. The number of hydrogen-bond donors (Lipinski definition) is 3. The maximum atomic E-state index is 12.8. The monoisotopic (exact) mass is 462 g/mol. The lowest BCUT2D eigenvalue weighted by molar-refractivity contribution is 0.0779. The molecular formula is C22H30N4O5S. The molecule has 0 aliphatic heterocycles. The van der Waals surface area contributed by atoms with Crippen LogP contribution in [0, 0.1) is 11.8 Å². The highest BCUT2D eigenvalue weighted by atomic mass is 32.2. The summed E-state index contributed by atoms with van der Waals surface area (Å²) >= 11 is 0. The van der Waals surface area contributed by atoms with Gasteiger partial charge in [-0.3, -0.25) is 0 Å². The minimum Gasteiger partial charge on any atom is -0.451 e. The Morgan fingerprint density at radius 1 is 1.12 bits per heavy atom. The largest absolute Gasteiger partial charge is 0.451 e. The van der Waals surface area contributed by atoms with Crippen LogP contribution >= 0.6 is 0 Å². The van der Waals surface area contributed by atoms with Gasteiger partial charge in [0.1, 0.15) is 6.33 Å². The molecule has 2 saturated carbocycles. The predicted octanol–water partition coefficient (Wildman–Crippen LogP) is 3.83. The maximum Gasteiger partial charge on any atom is 0.333 e. The number of furan rings is 1. The van der Waals surface area contributed by atoms with Crippen molar-refractivity contribution in [3.63, 3.8) is 0 Å². The minimum absolute atomic E-state index is 0.134. The normalized spacial score (nSPS) is 18.8. The number of sulfonamides is 1. The molecule has 2 amide bonds. The molecule has 0 bridgehead atoms. The fourth-order valence-corrected chi connectivity index (χ4v) is 4.81. The lowest BCUT2D eigenvalue weighted by Crippen LogP contribution is -2.35. The first-order valence-electron chi connectivity index (χ1n) is 11.0. The highest BCUT2D eigenvalue weighted by molar-refractivity contribution is 7.89. The molecule has 174 valence electrons. The standard InChI is InChI=1S/C22H30N4O5S/c1-12(14-5-6-14)18-20(19(24-11-23-18)13(2)15-7-8-15)25-21(27)26-32(29,30)17-9-16(10-31-17)22(3,4)28/h9-15,28H,5-8H2,1-4H3,(H2,25,26,27). The van der Waals surface area contributed by atoms with Gasteiger partial charge in [-0.25, -0.2) is 19.5 Å². The summed E-state index contributed by atoms with van der Waals surface area (Å²) < 4.78 is 32.4. The van der Waals surface area contributed by atoms with E-state index in [9.17, 15) is 18.3 Å². The molecule has 2 aromatic heterocycles. The summed E-state index contributed by atoms with van der Waals surface area (Å²) in [5.41, 5.74) is 0.981. The maximum absolute atomic E-state index is 12.8. The number of amides is 2. The molecule has 0 spiro atoms. The molecule has 2 aliphatic rings. The van der Waals surface area contributed by atoms with Crippen molar-refractivity contribution >= 4 is 21.7 Å². The van der Waals surface area contributed by atoms with Crippen molar-refractivity contribution in [1.82, 2.24) is 14.7 Å². The number of nitrogens with zero attached hydrogens (tertiary/aromatic N) is 2. The molecule has 2 atom stereocenters. The van der Waals surface area contributed by atoms with Crippen molar-refractivity contribution < 1.29 is 22.7 Å².